The van der Waals surface area contributed by atoms with E-state index in [4.69, 9.17) is 9.47 Å². The Labute approximate surface area is 132 Å². The van der Waals surface area contributed by atoms with Crippen molar-refractivity contribution in [1.29, 1.82) is 0 Å². The molecule has 0 radical (unpaired) electrons. The van der Waals surface area contributed by atoms with E-state index in [0.29, 0.717) is 11.3 Å². The van der Waals surface area contributed by atoms with Gasteiger partial charge in [0.05, 0.1) is 13.3 Å². The highest BCUT2D eigenvalue weighted by Crippen LogP contribution is 2.25. The maximum Gasteiger partial charge on any atom is 0.277 e. The SMILES string of the molecule is COc1cc(/C=N/NC(=O)COc2cccc(F)c2)ccc1O. The Balaban J connectivity index is 1.84. The summed E-state index contributed by atoms with van der Waals surface area (Å²) in [5.41, 5.74) is 2.91. The second-order valence-electron chi connectivity index (χ2n) is 4.47. The van der Waals surface area contributed by atoms with Crippen molar-refractivity contribution < 1.29 is 23.8 Å². The number of hydrogen-bond donors (Lipinski definition) is 2. The second kappa shape index (κ2) is 7.79. The van der Waals surface area contributed by atoms with Crippen LogP contribution in [0, 0.1) is 5.82 Å². The minimum atomic E-state index is -0.490. The molecule has 0 heterocycles. The molecule has 2 rings (SSSR count). The fraction of sp³-hybridized carbons (Fsp3) is 0.125. The van der Waals surface area contributed by atoms with E-state index in [-0.39, 0.29) is 18.1 Å². The van der Waals surface area contributed by atoms with Gasteiger partial charge in [0, 0.05) is 6.07 Å². The van der Waals surface area contributed by atoms with Gasteiger partial charge in [-0.2, -0.15) is 5.10 Å². The minimum absolute atomic E-state index is 0.0113. The van der Waals surface area contributed by atoms with Gasteiger partial charge in [0.2, 0.25) is 0 Å². The standard InChI is InChI=1S/C16H15FN2O4/c1-22-15-7-11(5-6-14(15)20)9-18-19-16(21)10-23-13-4-2-3-12(17)8-13/h2-9,20H,10H2,1H3,(H,19,21)/b18-9+. The number of hydrogen-bond acceptors (Lipinski definition) is 5. The third-order valence-electron chi connectivity index (χ3n) is 2.77. The molecule has 6 nitrogen and oxygen atoms in total. The van der Waals surface area contributed by atoms with E-state index in [0.717, 1.165) is 0 Å². The Morgan fingerprint density at radius 2 is 2.17 bits per heavy atom. The van der Waals surface area contributed by atoms with Crippen molar-refractivity contribution in [1.82, 2.24) is 5.43 Å². The number of aromatic hydroxyl groups is 1. The van der Waals surface area contributed by atoms with Crippen molar-refractivity contribution in [2.45, 2.75) is 0 Å². The van der Waals surface area contributed by atoms with Gasteiger partial charge in [0.25, 0.3) is 5.91 Å². The number of benzene rings is 2. The average molecular weight is 318 g/mol. The Bertz CT molecular complexity index is 719. The molecular weight excluding hydrogens is 303 g/mol. The molecule has 0 aliphatic heterocycles. The van der Waals surface area contributed by atoms with Crippen LogP contribution >= 0.6 is 0 Å². The summed E-state index contributed by atoms with van der Waals surface area (Å²) >= 11 is 0. The topological polar surface area (TPSA) is 80.2 Å². The lowest BCUT2D eigenvalue weighted by molar-refractivity contribution is -0.123. The normalized spacial score (nSPS) is 10.5. The molecule has 0 bridgehead atoms. The summed E-state index contributed by atoms with van der Waals surface area (Å²) in [4.78, 5) is 11.6. The average Bonchev–Trinajstić information content (AvgIpc) is 2.54. The Morgan fingerprint density at radius 3 is 2.91 bits per heavy atom. The van der Waals surface area contributed by atoms with Crippen LogP contribution in [-0.4, -0.2) is 30.9 Å². The van der Waals surface area contributed by atoms with Gasteiger partial charge in [0.1, 0.15) is 11.6 Å². The number of ether oxygens (including phenoxy) is 2. The fourth-order valence-corrected chi connectivity index (χ4v) is 1.69. The van der Waals surface area contributed by atoms with Crippen LogP contribution in [0.4, 0.5) is 4.39 Å². The van der Waals surface area contributed by atoms with Crippen molar-refractivity contribution in [3.63, 3.8) is 0 Å². The molecule has 0 saturated carbocycles. The zero-order valence-electron chi connectivity index (χ0n) is 12.3. The molecule has 0 aliphatic carbocycles. The molecule has 0 aliphatic rings. The summed E-state index contributed by atoms with van der Waals surface area (Å²) in [5, 5.41) is 13.2. The number of nitrogens with zero attached hydrogens (tertiary/aromatic N) is 1. The first kappa shape index (κ1) is 16.3. The first-order valence-electron chi connectivity index (χ1n) is 6.66. The predicted octanol–water partition coefficient (Wildman–Crippen LogP) is 2.07. The lowest BCUT2D eigenvalue weighted by Gasteiger charge is -2.05. The van der Waals surface area contributed by atoms with E-state index in [9.17, 15) is 14.3 Å². The van der Waals surface area contributed by atoms with Crippen molar-refractivity contribution in [3.05, 3.63) is 53.8 Å². The van der Waals surface area contributed by atoms with Gasteiger partial charge in [-0.25, -0.2) is 9.82 Å². The molecule has 2 aromatic carbocycles. The molecule has 2 N–H and O–H groups in total. The van der Waals surface area contributed by atoms with E-state index >= 15 is 0 Å². The third kappa shape index (κ3) is 4.99. The number of phenolic OH excluding ortho intramolecular Hbond substituents is 1. The van der Waals surface area contributed by atoms with E-state index in [1.165, 1.54) is 37.6 Å². The van der Waals surface area contributed by atoms with E-state index in [1.54, 1.807) is 18.2 Å². The minimum Gasteiger partial charge on any atom is -0.504 e. The summed E-state index contributed by atoms with van der Waals surface area (Å²) < 4.78 is 23.0. The van der Waals surface area contributed by atoms with E-state index < -0.39 is 11.7 Å². The van der Waals surface area contributed by atoms with Crippen molar-refractivity contribution >= 4 is 12.1 Å². The number of phenols is 1. The molecule has 2 aromatic rings. The van der Waals surface area contributed by atoms with E-state index in [2.05, 4.69) is 10.5 Å². The molecule has 0 atom stereocenters. The van der Waals surface area contributed by atoms with Crippen molar-refractivity contribution in [2.24, 2.45) is 5.10 Å². The molecule has 0 aromatic heterocycles. The molecule has 1 amide bonds. The lowest BCUT2D eigenvalue weighted by atomic mass is 10.2. The maximum absolute atomic E-state index is 12.9. The van der Waals surface area contributed by atoms with Crippen molar-refractivity contribution in [3.8, 4) is 17.2 Å². The Hall–Kier alpha value is -3.09. The number of amides is 1. The van der Waals surface area contributed by atoms with Gasteiger partial charge in [-0.1, -0.05) is 6.07 Å². The molecule has 0 unspecified atom stereocenters. The molecule has 0 spiro atoms. The third-order valence-corrected chi connectivity index (χ3v) is 2.77. The number of carbonyl (C=O) groups excluding carboxylic acids is 1. The van der Waals surface area contributed by atoms with Crippen LogP contribution in [0.2, 0.25) is 0 Å². The van der Waals surface area contributed by atoms with Crippen LogP contribution in [0.15, 0.2) is 47.6 Å². The molecule has 0 fully saturated rings. The fourth-order valence-electron chi connectivity index (χ4n) is 1.69. The van der Waals surface area contributed by atoms with Crippen LogP contribution in [-0.2, 0) is 4.79 Å². The molecule has 23 heavy (non-hydrogen) atoms. The monoisotopic (exact) mass is 318 g/mol. The Morgan fingerprint density at radius 1 is 1.35 bits per heavy atom. The predicted molar refractivity (Wildman–Crippen MR) is 82.3 cm³/mol. The number of carbonyl (C=O) groups is 1. The highest BCUT2D eigenvalue weighted by molar-refractivity contribution is 5.83. The number of halogens is 1. The highest BCUT2D eigenvalue weighted by Gasteiger charge is 2.03. The number of rotatable bonds is 6. The molecule has 120 valence electrons. The summed E-state index contributed by atoms with van der Waals surface area (Å²) in [6.45, 7) is -0.292. The smallest absolute Gasteiger partial charge is 0.277 e. The molecular formula is C16H15FN2O4. The van der Waals surface area contributed by atoms with Gasteiger partial charge >= 0.3 is 0 Å². The first-order valence-corrected chi connectivity index (χ1v) is 6.66. The lowest BCUT2D eigenvalue weighted by Crippen LogP contribution is -2.24. The number of nitrogens with one attached hydrogen (secondary N) is 1. The number of hydrazone groups is 1. The van der Waals surface area contributed by atoms with Gasteiger partial charge in [-0.15, -0.1) is 0 Å². The largest absolute Gasteiger partial charge is 0.504 e. The molecule has 0 saturated heterocycles. The van der Waals surface area contributed by atoms with Crippen LogP contribution in [0.25, 0.3) is 0 Å². The molecule has 7 heteroatoms. The van der Waals surface area contributed by atoms with E-state index in [1.807, 2.05) is 0 Å². The zero-order valence-corrected chi connectivity index (χ0v) is 12.3. The van der Waals surface area contributed by atoms with Crippen molar-refractivity contribution in [2.75, 3.05) is 13.7 Å². The van der Waals surface area contributed by atoms with Gasteiger partial charge in [-0.3, -0.25) is 4.79 Å². The summed E-state index contributed by atoms with van der Waals surface area (Å²) in [5.74, 6) is -0.363. The summed E-state index contributed by atoms with van der Waals surface area (Å²) in [7, 11) is 1.43. The van der Waals surface area contributed by atoms with Crippen LogP contribution in [0.5, 0.6) is 17.2 Å². The van der Waals surface area contributed by atoms with Crippen LogP contribution < -0.4 is 14.9 Å². The summed E-state index contributed by atoms with van der Waals surface area (Å²) in [6, 6.07) is 10.1. The quantitative estimate of drug-likeness (QED) is 0.631. The van der Waals surface area contributed by atoms with Crippen LogP contribution in [0.1, 0.15) is 5.56 Å². The second-order valence-corrected chi connectivity index (χ2v) is 4.47. The van der Waals surface area contributed by atoms with Gasteiger partial charge in [0.15, 0.2) is 18.1 Å². The highest BCUT2D eigenvalue weighted by atomic mass is 19.1. The zero-order chi connectivity index (χ0) is 16.7. The van der Waals surface area contributed by atoms with Gasteiger partial charge < -0.3 is 14.6 Å². The van der Waals surface area contributed by atoms with Crippen LogP contribution in [0.3, 0.4) is 0 Å². The maximum atomic E-state index is 12.9. The Kier molecular flexibility index (Phi) is 5.51. The van der Waals surface area contributed by atoms with Gasteiger partial charge in [-0.05, 0) is 35.9 Å². The number of methoxy groups -OCH3 is 1. The summed E-state index contributed by atoms with van der Waals surface area (Å²) in [6.07, 6.45) is 1.39. The first-order chi connectivity index (χ1) is 11.1.